The minimum atomic E-state index is -0.173. The van der Waals surface area contributed by atoms with Gasteiger partial charge in [-0.3, -0.25) is 19.4 Å². The second-order valence-corrected chi connectivity index (χ2v) is 9.15. The van der Waals surface area contributed by atoms with Crippen LogP contribution in [-0.2, 0) is 0 Å². The predicted molar refractivity (Wildman–Crippen MR) is 129 cm³/mol. The molecule has 0 atom stereocenters. The molecule has 2 N–H and O–H groups in total. The fraction of sp³-hybridized carbons (Fsp3) is 0.308. The van der Waals surface area contributed by atoms with E-state index >= 15 is 0 Å². The summed E-state index contributed by atoms with van der Waals surface area (Å²) in [5.41, 5.74) is 3.71. The normalized spacial score (nSPS) is 16.6. The zero-order chi connectivity index (χ0) is 22.8. The topological polar surface area (TPSA) is 102 Å². The van der Waals surface area contributed by atoms with Gasteiger partial charge in [-0.1, -0.05) is 25.3 Å². The number of ether oxygens (including phenoxy) is 2. The average Bonchev–Trinajstić information content (AvgIpc) is 3.39. The first-order valence-electron chi connectivity index (χ1n) is 11.8. The van der Waals surface area contributed by atoms with Gasteiger partial charge in [0.2, 0.25) is 0 Å². The number of fused-ring (bicyclic) bond motifs is 5. The van der Waals surface area contributed by atoms with Crippen LogP contribution in [0.25, 0.3) is 44.2 Å². The van der Waals surface area contributed by atoms with E-state index in [1.807, 2.05) is 22.9 Å². The fourth-order valence-electron chi connectivity index (χ4n) is 5.50. The largest absolute Gasteiger partial charge is 0.486 e. The van der Waals surface area contributed by atoms with Crippen molar-refractivity contribution in [1.29, 1.82) is 0 Å². The van der Waals surface area contributed by atoms with Crippen molar-refractivity contribution in [2.75, 3.05) is 13.2 Å². The molecule has 8 nitrogen and oxygen atoms in total. The Bertz CT molecular complexity index is 1700. The molecular weight excluding hydrogens is 434 g/mol. The third-order valence-corrected chi connectivity index (χ3v) is 7.08. The monoisotopic (exact) mass is 457 g/mol. The summed E-state index contributed by atoms with van der Waals surface area (Å²) < 4.78 is 19.7. The van der Waals surface area contributed by atoms with Crippen LogP contribution in [0.15, 0.2) is 50.4 Å². The number of hydrogen-bond donors (Lipinski definition) is 2. The first-order chi connectivity index (χ1) is 16.7. The van der Waals surface area contributed by atoms with Gasteiger partial charge >= 0.3 is 0 Å². The maximum Gasteiger partial charge on any atom is 0.274 e. The zero-order valence-electron chi connectivity index (χ0n) is 18.5. The standard InChI is InChI=1S/C26H23N3O5/c30-16-7-8-17-19(13-16)34-24-21(14-6-9-18-20(12-14)33-11-10-32-18)22-25(27-23(17)24)29(28-26(22)31)15-4-2-1-3-5-15/h6-9,12-13,15,27H,1-5,10-11H2,(H,28,31). The van der Waals surface area contributed by atoms with Crippen molar-refractivity contribution in [2.45, 2.75) is 38.1 Å². The third kappa shape index (κ3) is 2.84. The summed E-state index contributed by atoms with van der Waals surface area (Å²) in [4.78, 5) is 28.9. The van der Waals surface area contributed by atoms with Gasteiger partial charge in [-0.05, 0) is 42.7 Å². The van der Waals surface area contributed by atoms with Gasteiger partial charge in [0.1, 0.15) is 24.4 Å². The molecule has 0 bridgehead atoms. The van der Waals surface area contributed by atoms with Gasteiger partial charge in [0.15, 0.2) is 22.5 Å². The highest BCUT2D eigenvalue weighted by Crippen LogP contribution is 2.42. The molecule has 1 aliphatic heterocycles. The van der Waals surface area contributed by atoms with Gasteiger partial charge in [0.25, 0.3) is 5.56 Å². The number of aromatic nitrogens is 3. The molecule has 34 heavy (non-hydrogen) atoms. The van der Waals surface area contributed by atoms with Crippen LogP contribution in [0, 0.1) is 0 Å². The molecule has 2 aliphatic rings. The van der Waals surface area contributed by atoms with E-state index < -0.39 is 0 Å². The molecule has 0 radical (unpaired) electrons. The average molecular weight is 457 g/mol. The summed E-state index contributed by atoms with van der Waals surface area (Å²) in [6.07, 6.45) is 5.56. The summed E-state index contributed by atoms with van der Waals surface area (Å²) in [7, 11) is 0. The summed E-state index contributed by atoms with van der Waals surface area (Å²) in [6.45, 7) is 0.978. The summed E-state index contributed by atoms with van der Waals surface area (Å²) in [5.74, 6) is 1.32. The van der Waals surface area contributed by atoms with E-state index in [2.05, 4.69) is 10.1 Å². The number of nitrogens with one attached hydrogen (secondary N) is 2. The Morgan fingerprint density at radius 2 is 1.74 bits per heavy atom. The number of hydrogen-bond acceptors (Lipinski definition) is 5. The highest BCUT2D eigenvalue weighted by atomic mass is 16.6. The highest BCUT2D eigenvalue weighted by Gasteiger charge is 2.26. The van der Waals surface area contributed by atoms with Crippen molar-refractivity contribution in [3.05, 3.63) is 57.0 Å². The first-order valence-corrected chi connectivity index (χ1v) is 11.8. The molecule has 7 rings (SSSR count). The van der Waals surface area contributed by atoms with Gasteiger partial charge in [-0.2, -0.15) is 0 Å². The Morgan fingerprint density at radius 3 is 2.59 bits per heavy atom. The Morgan fingerprint density at radius 1 is 0.912 bits per heavy atom. The summed E-state index contributed by atoms with van der Waals surface area (Å²) >= 11 is 0. The van der Waals surface area contributed by atoms with E-state index in [-0.39, 0.29) is 17.0 Å². The quantitative estimate of drug-likeness (QED) is 0.394. The van der Waals surface area contributed by atoms with Crippen molar-refractivity contribution in [3.63, 3.8) is 0 Å². The maximum atomic E-state index is 13.4. The van der Waals surface area contributed by atoms with E-state index in [1.165, 1.54) is 18.6 Å². The molecule has 1 fully saturated rings. The number of furan rings is 1. The van der Waals surface area contributed by atoms with Crippen LogP contribution in [0.3, 0.4) is 0 Å². The Balaban J connectivity index is 1.59. The van der Waals surface area contributed by atoms with E-state index in [9.17, 15) is 9.59 Å². The van der Waals surface area contributed by atoms with Crippen molar-refractivity contribution in [2.24, 2.45) is 0 Å². The van der Waals surface area contributed by atoms with Crippen molar-refractivity contribution < 1.29 is 13.9 Å². The predicted octanol–water partition coefficient (Wildman–Crippen LogP) is 4.86. The zero-order valence-corrected chi connectivity index (χ0v) is 18.5. The minimum Gasteiger partial charge on any atom is -0.486 e. The number of benzene rings is 2. The smallest absolute Gasteiger partial charge is 0.274 e. The second kappa shape index (κ2) is 7.28. The van der Waals surface area contributed by atoms with Crippen LogP contribution >= 0.6 is 0 Å². The minimum absolute atomic E-state index is 0.124. The Labute approximate surface area is 193 Å². The second-order valence-electron chi connectivity index (χ2n) is 9.15. The molecular formula is C26H23N3O5. The molecule has 8 heteroatoms. The number of aromatic amines is 2. The van der Waals surface area contributed by atoms with Crippen LogP contribution in [0.5, 0.6) is 11.5 Å². The molecule has 0 unspecified atom stereocenters. The molecule has 0 amide bonds. The lowest BCUT2D eigenvalue weighted by Gasteiger charge is -2.23. The lowest BCUT2D eigenvalue weighted by molar-refractivity contribution is 0.171. The molecule has 4 heterocycles. The molecule has 2 aromatic carbocycles. The maximum absolute atomic E-state index is 13.4. The van der Waals surface area contributed by atoms with Crippen LogP contribution < -0.4 is 20.5 Å². The van der Waals surface area contributed by atoms with Crippen molar-refractivity contribution in [1.82, 2.24) is 14.8 Å². The van der Waals surface area contributed by atoms with Crippen LogP contribution in [-0.4, -0.2) is 28.0 Å². The number of rotatable bonds is 2. The molecule has 1 saturated carbocycles. The molecule has 0 spiro atoms. The first kappa shape index (κ1) is 19.5. The molecule has 0 saturated heterocycles. The lowest BCUT2D eigenvalue weighted by Crippen LogP contribution is -2.16. The molecule has 1 aliphatic carbocycles. The van der Waals surface area contributed by atoms with Crippen LogP contribution in [0.1, 0.15) is 38.1 Å². The Hall–Kier alpha value is -3.94. The van der Waals surface area contributed by atoms with Gasteiger partial charge in [-0.15, -0.1) is 0 Å². The van der Waals surface area contributed by atoms with E-state index in [1.54, 1.807) is 6.07 Å². The van der Waals surface area contributed by atoms with Crippen LogP contribution in [0.4, 0.5) is 0 Å². The Kier molecular flexibility index (Phi) is 4.18. The number of H-pyrrole nitrogens is 2. The van der Waals surface area contributed by atoms with Crippen LogP contribution in [0.2, 0.25) is 0 Å². The van der Waals surface area contributed by atoms with Crippen molar-refractivity contribution >= 4 is 33.1 Å². The number of pyridine rings is 1. The summed E-state index contributed by atoms with van der Waals surface area (Å²) in [6, 6.07) is 10.7. The van der Waals surface area contributed by atoms with Crippen molar-refractivity contribution in [3.8, 4) is 22.6 Å². The van der Waals surface area contributed by atoms with Gasteiger partial charge < -0.3 is 18.9 Å². The van der Waals surface area contributed by atoms with Gasteiger partial charge in [0.05, 0.1) is 16.9 Å². The lowest BCUT2D eigenvalue weighted by atomic mass is 9.95. The summed E-state index contributed by atoms with van der Waals surface area (Å²) in [5, 5.41) is 4.44. The van der Waals surface area contributed by atoms with E-state index in [0.717, 1.165) is 47.8 Å². The van der Waals surface area contributed by atoms with E-state index in [0.29, 0.717) is 46.8 Å². The fourth-order valence-corrected chi connectivity index (χ4v) is 5.50. The number of nitrogens with zero attached hydrogens (tertiary/aromatic N) is 1. The molecule has 172 valence electrons. The van der Waals surface area contributed by atoms with Gasteiger partial charge in [0, 0.05) is 17.0 Å². The molecule has 3 aromatic heterocycles. The van der Waals surface area contributed by atoms with Gasteiger partial charge in [-0.25, -0.2) is 0 Å². The highest BCUT2D eigenvalue weighted by molar-refractivity contribution is 6.14. The van der Waals surface area contributed by atoms with E-state index in [4.69, 9.17) is 13.9 Å². The molecule has 5 aromatic rings. The SMILES string of the molecule is O=c1ccc2c(c1)oc1c(-c3ccc4c(c3)OCCO4)c3c(=O)[nH]n(C4CCCCC4)c3[nH]c12. The third-order valence-electron chi connectivity index (χ3n) is 7.08.